The van der Waals surface area contributed by atoms with Gasteiger partial charge in [-0.15, -0.1) is 0 Å². The number of sulfonamides is 1. The predicted octanol–water partition coefficient (Wildman–Crippen LogP) is -0.140. The number of hydrogen-bond donors (Lipinski definition) is 3. The summed E-state index contributed by atoms with van der Waals surface area (Å²) in [7, 11) is -3.57. The van der Waals surface area contributed by atoms with Crippen molar-refractivity contribution in [3.63, 3.8) is 0 Å². The summed E-state index contributed by atoms with van der Waals surface area (Å²) in [6.45, 7) is 4.23. The maximum Gasteiger partial charge on any atom is 0.251 e. The molecule has 1 aromatic carbocycles. The lowest BCUT2D eigenvalue weighted by molar-refractivity contribution is 0.0946. The first-order valence-electron chi connectivity index (χ1n) is 6.66. The number of rotatable bonds is 6. The molecule has 0 saturated heterocycles. The standard InChI is InChI=1S/C13H19N3O3S/c1-2-14-7-8-16-20(18,19)11-4-3-10-5-6-15-13(17)12(10)9-11/h3-4,9,14,16H,2,5-8H2,1H3,(H,15,17). The Kier molecular flexibility index (Phi) is 4.74. The van der Waals surface area contributed by atoms with Gasteiger partial charge in [-0.1, -0.05) is 13.0 Å². The van der Waals surface area contributed by atoms with Crippen molar-refractivity contribution in [1.82, 2.24) is 15.4 Å². The van der Waals surface area contributed by atoms with E-state index < -0.39 is 10.0 Å². The smallest absolute Gasteiger partial charge is 0.251 e. The first kappa shape index (κ1) is 15.0. The third-order valence-electron chi connectivity index (χ3n) is 3.16. The van der Waals surface area contributed by atoms with Gasteiger partial charge in [0, 0.05) is 25.2 Å². The quantitative estimate of drug-likeness (QED) is 0.638. The minimum absolute atomic E-state index is 0.129. The van der Waals surface area contributed by atoms with Crippen LogP contribution in [0.15, 0.2) is 23.1 Å². The molecule has 6 nitrogen and oxygen atoms in total. The number of benzene rings is 1. The molecule has 0 aliphatic carbocycles. The molecule has 7 heteroatoms. The summed E-state index contributed by atoms with van der Waals surface area (Å²) in [6.07, 6.45) is 0.731. The number of nitrogens with one attached hydrogen (secondary N) is 3. The largest absolute Gasteiger partial charge is 0.352 e. The third-order valence-corrected chi connectivity index (χ3v) is 4.62. The summed E-state index contributed by atoms with van der Waals surface area (Å²) in [5, 5.41) is 5.75. The molecular formula is C13H19N3O3S. The van der Waals surface area contributed by atoms with Gasteiger partial charge >= 0.3 is 0 Å². The lowest BCUT2D eigenvalue weighted by Crippen LogP contribution is -2.33. The van der Waals surface area contributed by atoms with E-state index in [1.807, 2.05) is 6.92 Å². The van der Waals surface area contributed by atoms with E-state index in [0.717, 1.165) is 18.5 Å². The lowest BCUT2D eigenvalue weighted by Gasteiger charge is -2.17. The van der Waals surface area contributed by atoms with Crippen LogP contribution in [0, 0.1) is 0 Å². The zero-order chi connectivity index (χ0) is 14.6. The molecule has 1 heterocycles. The topological polar surface area (TPSA) is 87.3 Å². The highest BCUT2D eigenvalue weighted by atomic mass is 32.2. The van der Waals surface area contributed by atoms with Gasteiger partial charge in [0.25, 0.3) is 5.91 Å². The summed E-state index contributed by atoms with van der Waals surface area (Å²) < 4.78 is 26.7. The Morgan fingerprint density at radius 1 is 1.30 bits per heavy atom. The number of hydrogen-bond acceptors (Lipinski definition) is 4. The van der Waals surface area contributed by atoms with Gasteiger partial charge in [0.05, 0.1) is 4.90 Å². The highest BCUT2D eigenvalue weighted by Gasteiger charge is 2.21. The van der Waals surface area contributed by atoms with E-state index in [-0.39, 0.29) is 10.8 Å². The Bertz CT molecular complexity index is 599. The molecule has 0 radical (unpaired) electrons. The van der Waals surface area contributed by atoms with E-state index in [9.17, 15) is 13.2 Å². The normalized spacial score (nSPS) is 14.8. The second-order valence-corrected chi connectivity index (χ2v) is 6.34. The number of likely N-dealkylation sites (N-methyl/N-ethyl adjacent to an activating group) is 1. The Labute approximate surface area is 119 Å². The number of carbonyl (C=O) groups is 1. The molecule has 110 valence electrons. The van der Waals surface area contributed by atoms with Crippen molar-refractivity contribution < 1.29 is 13.2 Å². The van der Waals surface area contributed by atoms with Gasteiger partial charge in [-0.25, -0.2) is 13.1 Å². The fraction of sp³-hybridized carbons (Fsp3) is 0.462. The second kappa shape index (κ2) is 6.34. The van der Waals surface area contributed by atoms with Crippen molar-refractivity contribution in [3.8, 4) is 0 Å². The Morgan fingerprint density at radius 3 is 2.85 bits per heavy atom. The molecule has 1 amide bonds. The van der Waals surface area contributed by atoms with Crippen molar-refractivity contribution in [1.29, 1.82) is 0 Å². The van der Waals surface area contributed by atoms with E-state index >= 15 is 0 Å². The zero-order valence-electron chi connectivity index (χ0n) is 11.4. The lowest BCUT2D eigenvalue weighted by atomic mass is 10.0. The summed E-state index contributed by atoms with van der Waals surface area (Å²) >= 11 is 0. The van der Waals surface area contributed by atoms with Gasteiger partial charge in [-0.3, -0.25) is 4.79 Å². The molecule has 1 aliphatic rings. The molecule has 3 N–H and O–H groups in total. The van der Waals surface area contributed by atoms with Crippen LogP contribution in [-0.2, 0) is 16.4 Å². The number of fused-ring (bicyclic) bond motifs is 1. The molecule has 0 unspecified atom stereocenters. The molecule has 0 aromatic heterocycles. The number of carbonyl (C=O) groups excluding carboxylic acids is 1. The van der Waals surface area contributed by atoms with Gasteiger partial charge in [-0.2, -0.15) is 0 Å². The van der Waals surface area contributed by atoms with E-state index in [1.54, 1.807) is 12.1 Å². The van der Waals surface area contributed by atoms with Crippen molar-refractivity contribution >= 4 is 15.9 Å². The van der Waals surface area contributed by atoms with E-state index in [4.69, 9.17) is 0 Å². The van der Waals surface area contributed by atoms with Gasteiger partial charge in [0.15, 0.2) is 0 Å². The van der Waals surface area contributed by atoms with Crippen LogP contribution in [0.1, 0.15) is 22.8 Å². The molecule has 1 aromatic rings. The van der Waals surface area contributed by atoms with Crippen molar-refractivity contribution in [2.45, 2.75) is 18.2 Å². The van der Waals surface area contributed by atoms with Gasteiger partial charge in [0.1, 0.15) is 0 Å². The summed E-state index contributed by atoms with van der Waals surface area (Å²) in [5.74, 6) is -0.212. The monoisotopic (exact) mass is 297 g/mol. The third kappa shape index (κ3) is 3.36. The van der Waals surface area contributed by atoms with E-state index in [1.165, 1.54) is 6.07 Å². The van der Waals surface area contributed by atoms with Crippen LogP contribution in [-0.4, -0.2) is 40.5 Å². The maximum absolute atomic E-state index is 12.1. The molecule has 0 bridgehead atoms. The molecular weight excluding hydrogens is 278 g/mol. The summed E-state index contributed by atoms with van der Waals surface area (Å²) in [6, 6.07) is 4.71. The fourth-order valence-electron chi connectivity index (χ4n) is 2.09. The predicted molar refractivity (Wildman–Crippen MR) is 76.2 cm³/mol. The zero-order valence-corrected chi connectivity index (χ0v) is 12.2. The average Bonchev–Trinajstić information content (AvgIpc) is 2.44. The molecule has 0 atom stereocenters. The molecule has 0 saturated carbocycles. The highest BCUT2D eigenvalue weighted by molar-refractivity contribution is 7.89. The maximum atomic E-state index is 12.1. The first-order valence-corrected chi connectivity index (χ1v) is 8.14. The van der Waals surface area contributed by atoms with E-state index in [0.29, 0.717) is 25.2 Å². The van der Waals surface area contributed by atoms with Crippen molar-refractivity contribution in [2.75, 3.05) is 26.2 Å². The molecule has 1 aliphatic heterocycles. The van der Waals surface area contributed by atoms with Crippen LogP contribution in [0.4, 0.5) is 0 Å². The first-order chi connectivity index (χ1) is 9.54. The molecule has 0 fully saturated rings. The van der Waals surface area contributed by atoms with Gasteiger partial charge < -0.3 is 10.6 Å². The van der Waals surface area contributed by atoms with Crippen LogP contribution in [0.3, 0.4) is 0 Å². The van der Waals surface area contributed by atoms with Crippen molar-refractivity contribution in [2.24, 2.45) is 0 Å². The molecule has 20 heavy (non-hydrogen) atoms. The van der Waals surface area contributed by atoms with Crippen LogP contribution in [0.5, 0.6) is 0 Å². The van der Waals surface area contributed by atoms with Crippen molar-refractivity contribution in [3.05, 3.63) is 29.3 Å². The molecule has 0 spiro atoms. The van der Waals surface area contributed by atoms with Crippen LogP contribution in [0.2, 0.25) is 0 Å². The Morgan fingerprint density at radius 2 is 2.10 bits per heavy atom. The minimum atomic E-state index is -3.57. The summed E-state index contributed by atoms with van der Waals surface area (Å²) in [5.41, 5.74) is 1.34. The number of amides is 1. The van der Waals surface area contributed by atoms with Gasteiger partial charge in [-0.05, 0) is 30.7 Å². The average molecular weight is 297 g/mol. The van der Waals surface area contributed by atoms with E-state index in [2.05, 4.69) is 15.4 Å². The summed E-state index contributed by atoms with van der Waals surface area (Å²) in [4.78, 5) is 11.9. The fourth-order valence-corrected chi connectivity index (χ4v) is 3.15. The van der Waals surface area contributed by atoms with Crippen LogP contribution in [0.25, 0.3) is 0 Å². The molecule has 2 rings (SSSR count). The Balaban J connectivity index is 2.16. The van der Waals surface area contributed by atoms with Crippen LogP contribution < -0.4 is 15.4 Å². The second-order valence-electron chi connectivity index (χ2n) is 4.58. The van der Waals surface area contributed by atoms with Crippen LogP contribution >= 0.6 is 0 Å². The Hall–Kier alpha value is -1.44. The minimum Gasteiger partial charge on any atom is -0.352 e. The highest BCUT2D eigenvalue weighted by Crippen LogP contribution is 2.18. The van der Waals surface area contributed by atoms with Gasteiger partial charge in [0.2, 0.25) is 10.0 Å². The SMILES string of the molecule is CCNCCNS(=O)(=O)c1ccc2c(c1)C(=O)NCC2.